The van der Waals surface area contributed by atoms with Gasteiger partial charge in [-0.15, -0.1) is 0 Å². The van der Waals surface area contributed by atoms with Crippen LogP contribution in [0.25, 0.3) is 0 Å². The lowest BCUT2D eigenvalue weighted by Gasteiger charge is -2.18. The highest BCUT2D eigenvalue weighted by Gasteiger charge is 2.46. The SMILES string of the molecule is COc1cc(C)cc(OC)c1C1(O)CC1. The number of aliphatic hydroxyl groups is 1. The highest BCUT2D eigenvalue weighted by molar-refractivity contribution is 5.53. The third-order valence-corrected chi connectivity index (χ3v) is 2.84. The molecule has 0 saturated heterocycles. The average Bonchev–Trinajstić information content (AvgIpc) is 2.95. The first-order valence-corrected chi connectivity index (χ1v) is 5.06. The number of benzene rings is 1. The summed E-state index contributed by atoms with van der Waals surface area (Å²) >= 11 is 0. The summed E-state index contributed by atoms with van der Waals surface area (Å²) in [5.41, 5.74) is 1.12. The molecule has 1 saturated carbocycles. The molecule has 0 aliphatic heterocycles. The summed E-state index contributed by atoms with van der Waals surface area (Å²) in [5.74, 6) is 1.43. The number of hydrogen-bond acceptors (Lipinski definition) is 3. The van der Waals surface area contributed by atoms with Gasteiger partial charge in [-0.25, -0.2) is 0 Å². The number of hydrogen-bond donors (Lipinski definition) is 1. The van der Waals surface area contributed by atoms with E-state index >= 15 is 0 Å². The average molecular weight is 208 g/mol. The Morgan fingerprint density at radius 2 is 1.60 bits per heavy atom. The maximum atomic E-state index is 10.2. The largest absolute Gasteiger partial charge is 0.496 e. The fourth-order valence-electron chi connectivity index (χ4n) is 1.87. The molecular formula is C12H16O3. The van der Waals surface area contributed by atoms with E-state index in [1.54, 1.807) is 14.2 Å². The summed E-state index contributed by atoms with van der Waals surface area (Å²) in [6.07, 6.45) is 1.56. The van der Waals surface area contributed by atoms with E-state index in [9.17, 15) is 5.11 Å². The molecule has 0 radical (unpaired) electrons. The van der Waals surface area contributed by atoms with Gasteiger partial charge in [-0.2, -0.15) is 0 Å². The van der Waals surface area contributed by atoms with Gasteiger partial charge in [0.1, 0.15) is 11.5 Å². The Morgan fingerprint density at radius 1 is 1.13 bits per heavy atom. The molecule has 0 unspecified atom stereocenters. The van der Waals surface area contributed by atoms with Crippen molar-refractivity contribution < 1.29 is 14.6 Å². The maximum Gasteiger partial charge on any atom is 0.128 e. The van der Waals surface area contributed by atoms with Crippen LogP contribution in [0.1, 0.15) is 24.0 Å². The lowest BCUT2D eigenvalue weighted by Crippen LogP contribution is -2.09. The molecular weight excluding hydrogens is 192 g/mol. The molecule has 0 bridgehead atoms. The van der Waals surface area contributed by atoms with Crippen molar-refractivity contribution in [2.45, 2.75) is 25.4 Å². The van der Waals surface area contributed by atoms with Crippen molar-refractivity contribution in [2.24, 2.45) is 0 Å². The van der Waals surface area contributed by atoms with Gasteiger partial charge in [0.25, 0.3) is 0 Å². The van der Waals surface area contributed by atoms with Gasteiger partial charge in [0, 0.05) is 0 Å². The molecule has 0 aromatic heterocycles. The second kappa shape index (κ2) is 3.42. The summed E-state index contributed by atoms with van der Waals surface area (Å²) in [6, 6.07) is 3.85. The zero-order chi connectivity index (χ0) is 11.1. The summed E-state index contributed by atoms with van der Waals surface area (Å²) in [7, 11) is 3.23. The van der Waals surface area contributed by atoms with Crippen molar-refractivity contribution in [3.63, 3.8) is 0 Å². The fraction of sp³-hybridized carbons (Fsp3) is 0.500. The zero-order valence-corrected chi connectivity index (χ0v) is 9.33. The molecule has 1 aromatic carbocycles. The van der Waals surface area contributed by atoms with E-state index < -0.39 is 5.60 Å². The van der Waals surface area contributed by atoms with Crippen LogP contribution in [0.4, 0.5) is 0 Å². The fourth-order valence-corrected chi connectivity index (χ4v) is 1.87. The normalized spacial score (nSPS) is 17.3. The molecule has 3 nitrogen and oxygen atoms in total. The number of methoxy groups -OCH3 is 2. The first-order chi connectivity index (χ1) is 7.10. The van der Waals surface area contributed by atoms with E-state index in [1.807, 2.05) is 19.1 Å². The topological polar surface area (TPSA) is 38.7 Å². The molecule has 3 heteroatoms. The molecule has 15 heavy (non-hydrogen) atoms. The molecule has 1 aromatic rings. The van der Waals surface area contributed by atoms with Crippen molar-refractivity contribution in [3.8, 4) is 11.5 Å². The van der Waals surface area contributed by atoms with Gasteiger partial charge in [0.15, 0.2) is 0 Å². The lowest BCUT2D eigenvalue weighted by molar-refractivity contribution is 0.143. The second-order valence-electron chi connectivity index (χ2n) is 4.08. The standard InChI is InChI=1S/C12H16O3/c1-8-6-9(14-2)11(10(7-8)15-3)12(13)4-5-12/h6-7,13H,4-5H2,1-3H3. The molecule has 1 fully saturated rings. The van der Waals surface area contributed by atoms with E-state index in [1.165, 1.54) is 0 Å². The van der Waals surface area contributed by atoms with Crippen molar-refractivity contribution in [1.29, 1.82) is 0 Å². The van der Waals surface area contributed by atoms with Crippen molar-refractivity contribution in [3.05, 3.63) is 23.3 Å². The van der Waals surface area contributed by atoms with Crippen LogP contribution in [-0.2, 0) is 5.60 Å². The predicted octanol–water partition coefficient (Wildman–Crippen LogP) is 1.99. The smallest absolute Gasteiger partial charge is 0.128 e. The van der Waals surface area contributed by atoms with Crippen LogP contribution >= 0.6 is 0 Å². The molecule has 2 rings (SSSR count). The quantitative estimate of drug-likeness (QED) is 0.825. The number of aryl methyl sites for hydroxylation is 1. The Balaban J connectivity index is 2.57. The Morgan fingerprint density at radius 3 is 1.93 bits per heavy atom. The zero-order valence-electron chi connectivity index (χ0n) is 9.33. The van der Waals surface area contributed by atoms with Gasteiger partial charge in [-0.1, -0.05) is 0 Å². The Labute approximate surface area is 89.6 Å². The first kappa shape index (κ1) is 10.3. The van der Waals surface area contributed by atoms with E-state index in [0.717, 1.165) is 24.0 Å². The highest BCUT2D eigenvalue weighted by atomic mass is 16.5. The van der Waals surface area contributed by atoms with Crippen LogP contribution in [0.2, 0.25) is 0 Å². The van der Waals surface area contributed by atoms with Crippen molar-refractivity contribution in [1.82, 2.24) is 0 Å². The van der Waals surface area contributed by atoms with Crippen LogP contribution in [0, 0.1) is 6.92 Å². The van der Waals surface area contributed by atoms with Crippen molar-refractivity contribution in [2.75, 3.05) is 14.2 Å². The number of ether oxygens (including phenoxy) is 2. The molecule has 1 aliphatic carbocycles. The molecule has 82 valence electrons. The van der Waals surface area contributed by atoms with Gasteiger partial charge in [-0.3, -0.25) is 0 Å². The first-order valence-electron chi connectivity index (χ1n) is 5.06. The second-order valence-corrected chi connectivity index (χ2v) is 4.08. The van der Waals surface area contributed by atoms with Gasteiger partial charge in [0.05, 0.1) is 25.4 Å². The molecule has 0 amide bonds. The van der Waals surface area contributed by atoms with Gasteiger partial charge in [0.2, 0.25) is 0 Å². The lowest BCUT2D eigenvalue weighted by atomic mass is 10.0. The molecule has 1 N–H and O–H groups in total. The third-order valence-electron chi connectivity index (χ3n) is 2.84. The van der Waals surface area contributed by atoms with Crippen LogP contribution < -0.4 is 9.47 Å². The summed E-state index contributed by atoms with van der Waals surface area (Å²) in [4.78, 5) is 0. The van der Waals surface area contributed by atoms with E-state index in [-0.39, 0.29) is 0 Å². The monoisotopic (exact) mass is 208 g/mol. The van der Waals surface area contributed by atoms with Crippen LogP contribution in [0.5, 0.6) is 11.5 Å². The van der Waals surface area contributed by atoms with Gasteiger partial charge >= 0.3 is 0 Å². The minimum atomic E-state index is -0.732. The number of rotatable bonds is 3. The summed E-state index contributed by atoms with van der Waals surface area (Å²) < 4.78 is 10.6. The Hall–Kier alpha value is -1.22. The van der Waals surface area contributed by atoms with E-state index in [0.29, 0.717) is 11.5 Å². The van der Waals surface area contributed by atoms with Gasteiger partial charge < -0.3 is 14.6 Å². The maximum absolute atomic E-state index is 10.2. The molecule has 0 spiro atoms. The van der Waals surface area contributed by atoms with Crippen LogP contribution in [0.15, 0.2) is 12.1 Å². The Bertz CT molecular complexity index is 355. The van der Waals surface area contributed by atoms with E-state index in [4.69, 9.17) is 9.47 Å². The molecule has 1 aliphatic rings. The third kappa shape index (κ3) is 1.67. The van der Waals surface area contributed by atoms with E-state index in [2.05, 4.69) is 0 Å². The van der Waals surface area contributed by atoms with Crippen molar-refractivity contribution >= 4 is 0 Å². The highest BCUT2D eigenvalue weighted by Crippen LogP contribution is 2.52. The minimum Gasteiger partial charge on any atom is -0.496 e. The van der Waals surface area contributed by atoms with Gasteiger partial charge in [-0.05, 0) is 37.5 Å². The minimum absolute atomic E-state index is 0.715. The summed E-state index contributed by atoms with van der Waals surface area (Å²) in [6.45, 7) is 1.98. The van der Waals surface area contributed by atoms with Crippen LogP contribution in [0.3, 0.4) is 0 Å². The van der Waals surface area contributed by atoms with Crippen LogP contribution in [-0.4, -0.2) is 19.3 Å². The Kier molecular flexibility index (Phi) is 2.35. The molecule has 0 heterocycles. The molecule has 0 atom stereocenters. The summed E-state index contributed by atoms with van der Waals surface area (Å²) in [5, 5.41) is 10.2. The predicted molar refractivity (Wildman–Crippen MR) is 57.4 cm³/mol.